The maximum absolute atomic E-state index is 12.4. The molecule has 0 atom stereocenters. The molecule has 9 nitrogen and oxygen atoms in total. The third-order valence-electron chi connectivity index (χ3n) is 5.82. The van der Waals surface area contributed by atoms with Crippen LogP contribution in [0.2, 0.25) is 0 Å². The Balaban J connectivity index is 1.46. The Morgan fingerprint density at radius 2 is 1.97 bits per heavy atom. The predicted octanol–water partition coefficient (Wildman–Crippen LogP) is 4.56. The topological polar surface area (TPSA) is 124 Å². The van der Waals surface area contributed by atoms with E-state index in [1.807, 2.05) is 71.6 Å². The van der Waals surface area contributed by atoms with Gasteiger partial charge in [0.2, 0.25) is 0 Å². The summed E-state index contributed by atoms with van der Waals surface area (Å²) in [6.45, 7) is 2.59. The molecule has 0 saturated heterocycles. The number of hydrogen-bond acceptors (Lipinski definition) is 7. The van der Waals surface area contributed by atoms with Gasteiger partial charge in [-0.2, -0.15) is 5.10 Å². The van der Waals surface area contributed by atoms with Crippen LogP contribution in [0.1, 0.15) is 28.8 Å². The number of hydrogen-bond donors (Lipinski definition) is 3. The Hall–Kier alpha value is -4.44. The first-order valence-corrected chi connectivity index (χ1v) is 12.3. The number of ether oxygens (including phenoxy) is 1. The number of imidazole rings is 1. The van der Waals surface area contributed by atoms with Crippen LogP contribution in [-0.2, 0) is 18.3 Å². The fraction of sp³-hybridized carbons (Fsp3) is 0.154. The number of carbonyl (C=O) groups is 1. The van der Waals surface area contributed by atoms with Gasteiger partial charge in [0.15, 0.2) is 5.69 Å². The van der Waals surface area contributed by atoms with E-state index in [1.165, 1.54) is 0 Å². The number of carbonyl (C=O) groups excluding carboxylic acids is 1. The van der Waals surface area contributed by atoms with Crippen molar-refractivity contribution in [2.24, 2.45) is 12.8 Å². The highest BCUT2D eigenvalue weighted by molar-refractivity contribution is 7.13. The Kier molecular flexibility index (Phi) is 6.26. The van der Waals surface area contributed by atoms with Crippen LogP contribution in [0.25, 0.3) is 27.3 Å². The number of aryl methyl sites for hydroxylation is 1. The van der Waals surface area contributed by atoms with E-state index in [0.717, 1.165) is 38.8 Å². The zero-order valence-electron chi connectivity index (χ0n) is 19.9. The monoisotopic (exact) mass is 499 g/mol. The van der Waals surface area contributed by atoms with E-state index in [-0.39, 0.29) is 18.1 Å². The van der Waals surface area contributed by atoms with Crippen molar-refractivity contribution < 1.29 is 9.53 Å². The van der Waals surface area contributed by atoms with Gasteiger partial charge in [-0.15, -0.1) is 11.3 Å². The number of rotatable bonds is 8. The molecule has 182 valence electrons. The van der Waals surface area contributed by atoms with Crippen molar-refractivity contribution in [2.45, 2.75) is 13.5 Å². The number of benzene rings is 2. The van der Waals surface area contributed by atoms with Crippen molar-refractivity contribution in [3.63, 3.8) is 0 Å². The molecule has 3 heterocycles. The van der Waals surface area contributed by atoms with Crippen molar-refractivity contribution in [3.05, 3.63) is 83.1 Å². The van der Waals surface area contributed by atoms with Crippen LogP contribution in [-0.4, -0.2) is 37.7 Å². The molecule has 0 saturated carbocycles. The second-order valence-electron chi connectivity index (χ2n) is 8.13. The van der Waals surface area contributed by atoms with Gasteiger partial charge in [-0.1, -0.05) is 6.07 Å². The summed E-state index contributed by atoms with van der Waals surface area (Å²) < 4.78 is 8.98. The molecular formula is C26H25N7O2S. The van der Waals surface area contributed by atoms with E-state index >= 15 is 0 Å². The van der Waals surface area contributed by atoms with Crippen LogP contribution in [0, 0.1) is 5.41 Å². The minimum atomic E-state index is -0.447. The molecule has 0 aliphatic rings. The van der Waals surface area contributed by atoms with Gasteiger partial charge in [-0.25, -0.2) is 14.5 Å². The number of nitrogens with zero attached hydrogens (tertiary/aromatic N) is 4. The Labute approximate surface area is 211 Å². The molecule has 36 heavy (non-hydrogen) atoms. The quantitative estimate of drug-likeness (QED) is 0.163. The van der Waals surface area contributed by atoms with E-state index in [0.29, 0.717) is 12.1 Å². The molecule has 0 spiro atoms. The lowest BCUT2D eigenvalue weighted by molar-refractivity contribution is 0.0519. The van der Waals surface area contributed by atoms with E-state index < -0.39 is 5.97 Å². The number of esters is 1. The number of nitrogens with two attached hydrogens (primary N) is 1. The minimum Gasteiger partial charge on any atom is -0.461 e. The summed E-state index contributed by atoms with van der Waals surface area (Å²) in [5, 5.41) is 17.4. The zero-order chi connectivity index (χ0) is 25.2. The average Bonchev–Trinajstić information content (AvgIpc) is 3.62. The third-order valence-corrected chi connectivity index (χ3v) is 6.71. The van der Waals surface area contributed by atoms with E-state index in [4.69, 9.17) is 20.9 Å². The smallest absolute Gasteiger partial charge is 0.358 e. The Morgan fingerprint density at radius 3 is 2.67 bits per heavy atom. The summed E-state index contributed by atoms with van der Waals surface area (Å²) in [6, 6.07) is 19.1. The highest BCUT2D eigenvalue weighted by atomic mass is 32.1. The molecule has 0 unspecified atom stereocenters. The molecule has 0 fully saturated rings. The van der Waals surface area contributed by atoms with Gasteiger partial charge in [0.1, 0.15) is 11.7 Å². The lowest BCUT2D eigenvalue weighted by atomic mass is 10.2. The van der Waals surface area contributed by atoms with Crippen LogP contribution >= 0.6 is 11.3 Å². The van der Waals surface area contributed by atoms with Crippen LogP contribution in [0.15, 0.2) is 66.0 Å². The zero-order valence-corrected chi connectivity index (χ0v) is 20.7. The van der Waals surface area contributed by atoms with Crippen LogP contribution in [0.4, 0.5) is 5.69 Å². The fourth-order valence-corrected chi connectivity index (χ4v) is 4.69. The van der Waals surface area contributed by atoms with Gasteiger partial charge in [0, 0.05) is 24.4 Å². The third kappa shape index (κ3) is 4.46. The second-order valence-corrected chi connectivity index (χ2v) is 9.08. The molecule has 4 N–H and O–H groups in total. The first kappa shape index (κ1) is 23.3. The number of aromatic nitrogens is 4. The van der Waals surface area contributed by atoms with Crippen molar-refractivity contribution in [2.75, 3.05) is 11.9 Å². The molecule has 10 heteroatoms. The second kappa shape index (κ2) is 9.67. The summed E-state index contributed by atoms with van der Waals surface area (Å²) in [6.07, 6.45) is 0. The highest BCUT2D eigenvalue weighted by Crippen LogP contribution is 2.29. The number of anilines is 1. The number of thiophene rings is 1. The number of nitrogen functional groups attached to an aromatic ring is 1. The largest absolute Gasteiger partial charge is 0.461 e. The number of fused-ring (bicyclic) bond motifs is 1. The molecule has 5 rings (SSSR count). The Morgan fingerprint density at radius 1 is 1.17 bits per heavy atom. The molecule has 5 aromatic rings. The summed E-state index contributed by atoms with van der Waals surface area (Å²) in [5.74, 6) is 0.461. The van der Waals surface area contributed by atoms with Gasteiger partial charge in [-0.05, 0) is 60.8 Å². The molecule has 0 radical (unpaired) electrons. The van der Waals surface area contributed by atoms with Gasteiger partial charge >= 0.3 is 5.97 Å². The lowest BCUT2D eigenvalue weighted by Gasteiger charge is -2.08. The molecule has 2 aromatic carbocycles. The summed E-state index contributed by atoms with van der Waals surface area (Å²) in [5.41, 5.74) is 10.8. The van der Waals surface area contributed by atoms with Crippen LogP contribution in [0.3, 0.4) is 0 Å². The highest BCUT2D eigenvalue weighted by Gasteiger charge is 2.19. The van der Waals surface area contributed by atoms with E-state index in [1.54, 1.807) is 29.0 Å². The standard InChI is InChI=1S/C26H25N7O2S/c1-3-35-26(34)20-14-22(23-5-4-12-36-23)33(31-20)18-10-11-21-19(13-18)30-24(32(21)2)15-29-17-8-6-16(7-9-17)25(27)28/h4-14,29H,3,15H2,1-2H3,(H3,27,28). The minimum absolute atomic E-state index is 0.0431. The molecule has 0 bridgehead atoms. The van der Waals surface area contributed by atoms with Crippen LogP contribution < -0.4 is 11.1 Å². The van der Waals surface area contributed by atoms with Gasteiger partial charge in [-0.3, -0.25) is 5.41 Å². The van der Waals surface area contributed by atoms with Crippen LogP contribution in [0.5, 0.6) is 0 Å². The van der Waals surface area contributed by atoms with Gasteiger partial charge in [0.25, 0.3) is 0 Å². The Bertz CT molecular complexity index is 1550. The van der Waals surface area contributed by atoms with Crippen molar-refractivity contribution in [1.29, 1.82) is 5.41 Å². The van der Waals surface area contributed by atoms with Crippen molar-refractivity contribution in [1.82, 2.24) is 19.3 Å². The number of nitrogens with one attached hydrogen (secondary N) is 2. The normalized spacial score (nSPS) is 11.1. The fourth-order valence-electron chi connectivity index (χ4n) is 3.96. The summed E-state index contributed by atoms with van der Waals surface area (Å²) in [7, 11) is 1.98. The molecule has 0 aliphatic carbocycles. The van der Waals surface area contributed by atoms with Crippen molar-refractivity contribution in [3.8, 4) is 16.3 Å². The van der Waals surface area contributed by atoms with Gasteiger partial charge < -0.3 is 20.4 Å². The summed E-state index contributed by atoms with van der Waals surface area (Å²) in [4.78, 5) is 18.2. The first-order valence-electron chi connectivity index (χ1n) is 11.4. The molecular weight excluding hydrogens is 474 g/mol. The first-order chi connectivity index (χ1) is 17.4. The van der Waals surface area contributed by atoms with E-state index in [9.17, 15) is 4.79 Å². The SMILES string of the molecule is CCOC(=O)c1cc(-c2cccs2)n(-c2ccc3c(c2)nc(CNc2ccc(C(=N)N)cc2)n3C)n1. The molecule has 0 amide bonds. The van der Waals surface area contributed by atoms with Crippen molar-refractivity contribution >= 4 is 39.9 Å². The maximum Gasteiger partial charge on any atom is 0.358 e. The molecule has 0 aliphatic heterocycles. The average molecular weight is 500 g/mol. The maximum atomic E-state index is 12.4. The lowest BCUT2D eigenvalue weighted by Crippen LogP contribution is -2.11. The predicted molar refractivity (Wildman–Crippen MR) is 142 cm³/mol. The molecule has 3 aromatic heterocycles. The van der Waals surface area contributed by atoms with Gasteiger partial charge in [0.05, 0.1) is 40.4 Å². The van der Waals surface area contributed by atoms with E-state index in [2.05, 4.69) is 10.4 Å². The summed E-state index contributed by atoms with van der Waals surface area (Å²) >= 11 is 1.58. The number of amidine groups is 1.